The Kier molecular flexibility index (Phi) is 4.16. The minimum Gasteiger partial charge on any atom is -0.481 e. The molecule has 0 aromatic heterocycles. The van der Waals surface area contributed by atoms with Crippen LogP contribution in [-0.4, -0.2) is 35.0 Å². The van der Waals surface area contributed by atoms with Crippen LogP contribution in [0.25, 0.3) is 0 Å². The third-order valence-corrected chi connectivity index (χ3v) is 4.24. The number of carbonyl (C=O) groups excluding carboxylic acids is 1. The number of carboxylic acids is 1. The van der Waals surface area contributed by atoms with Gasteiger partial charge in [0.15, 0.2) is 0 Å². The van der Waals surface area contributed by atoms with Crippen LogP contribution in [0.4, 0.5) is 10.1 Å². The Balaban J connectivity index is 2.22. The molecule has 1 aromatic carbocycles. The maximum absolute atomic E-state index is 13.5. The second-order valence-electron chi connectivity index (χ2n) is 5.51. The lowest BCUT2D eigenvalue weighted by molar-refractivity contribution is -0.152. The number of amides is 1. The maximum Gasteiger partial charge on any atom is 0.311 e. The predicted octanol–water partition coefficient (Wildman–Crippen LogP) is 2.12. The summed E-state index contributed by atoms with van der Waals surface area (Å²) in [5, 5.41) is 9.42. The Morgan fingerprint density at radius 1 is 1.48 bits per heavy atom. The van der Waals surface area contributed by atoms with E-state index in [4.69, 9.17) is 5.73 Å². The second-order valence-corrected chi connectivity index (χ2v) is 5.51. The van der Waals surface area contributed by atoms with E-state index in [1.165, 1.54) is 17.0 Å². The van der Waals surface area contributed by atoms with Crippen LogP contribution >= 0.6 is 0 Å². The molecule has 1 heterocycles. The summed E-state index contributed by atoms with van der Waals surface area (Å²) in [6.07, 6.45) is 1.64. The molecule has 0 bridgehead atoms. The number of nitrogens with zero attached hydrogens (tertiary/aromatic N) is 1. The third-order valence-electron chi connectivity index (χ3n) is 4.24. The van der Waals surface area contributed by atoms with Crippen molar-refractivity contribution < 1.29 is 19.1 Å². The molecule has 0 spiro atoms. The fourth-order valence-corrected chi connectivity index (χ4v) is 2.76. The summed E-state index contributed by atoms with van der Waals surface area (Å²) in [4.78, 5) is 25.4. The Morgan fingerprint density at radius 2 is 2.19 bits per heavy atom. The molecule has 3 N–H and O–H groups in total. The Labute approximate surface area is 122 Å². The maximum atomic E-state index is 13.5. The van der Waals surface area contributed by atoms with Crippen LogP contribution in [0, 0.1) is 11.2 Å². The molecule has 5 nitrogen and oxygen atoms in total. The quantitative estimate of drug-likeness (QED) is 0.836. The Hall–Kier alpha value is -2.11. The zero-order valence-corrected chi connectivity index (χ0v) is 11.9. The molecule has 1 saturated heterocycles. The van der Waals surface area contributed by atoms with Crippen LogP contribution in [0.3, 0.4) is 0 Å². The van der Waals surface area contributed by atoms with Crippen LogP contribution in [0.1, 0.15) is 36.5 Å². The lowest BCUT2D eigenvalue weighted by Crippen LogP contribution is -2.49. The van der Waals surface area contributed by atoms with Gasteiger partial charge in [-0.3, -0.25) is 9.59 Å². The lowest BCUT2D eigenvalue weighted by Gasteiger charge is -2.39. The molecule has 1 aliphatic rings. The first-order chi connectivity index (χ1) is 9.89. The van der Waals surface area contributed by atoms with Gasteiger partial charge in [0, 0.05) is 18.7 Å². The van der Waals surface area contributed by atoms with Gasteiger partial charge in [0.2, 0.25) is 0 Å². The number of likely N-dealkylation sites (tertiary alicyclic amines) is 1. The molecular weight excluding hydrogens is 275 g/mol. The van der Waals surface area contributed by atoms with Crippen molar-refractivity contribution in [2.75, 3.05) is 18.8 Å². The Bertz CT molecular complexity index is 576. The van der Waals surface area contributed by atoms with Crippen molar-refractivity contribution in [3.05, 3.63) is 29.6 Å². The van der Waals surface area contributed by atoms with Gasteiger partial charge in [-0.15, -0.1) is 0 Å². The highest BCUT2D eigenvalue weighted by atomic mass is 19.1. The first kappa shape index (κ1) is 15.3. The fraction of sp³-hybridized carbons (Fsp3) is 0.467. The van der Waals surface area contributed by atoms with Crippen LogP contribution in [0.15, 0.2) is 18.2 Å². The van der Waals surface area contributed by atoms with Crippen molar-refractivity contribution >= 4 is 17.6 Å². The summed E-state index contributed by atoms with van der Waals surface area (Å²) >= 11 is 0. The number of hydrogen-bond acceptors (Lipinski definition) is 3. The van der Waals surface area contributed by atoms with Gasteiger partial charge in [-0.25, -0.2) is 4.39 Å². The molecule has 1 amide bonds. The molecule has 6 heteroatoms. The summed E-state index contributed by atoms with van der Waals surface area (Å²) in [6, 6.07) is 3.90. The number of benzene rings is 1. The van der Waals surface area contributed by atoms with Crippen molar-refractivity contribution in [1.82, 2.24) is 4.90 Å². The fourth-order valence-electron chi connectivity index (χ4n) is 2.76. The number of piperidine rings is 1. The average Bonchev–Trinajstić information content (AvgIpc) is 2.49. The highest BCUT2D eigenvalue weighted by Crippen LogP contribution is 2.34. The number of nitrogen functional groups attached to an aromatic ring is 1. The molecule has 0 saturated carbocycles. The van der Waals surface area contributed by atoms with E-state index in [1.807, 2.05) is 6.92 Å². The molecule has 21 heavy (non-hydrogen) atoms. The Morgan fingerprint density at radius 3 is 2.76 bits per heavy atom. The molecule has 1 aliphatic heterocycles. The molecular formula is C15H19FN2O3. The third kappa shape index (κ3) is 2.84. The van der Waals surface area contributed by atoms with Gasteiger partial charge in [-0.2, -0.15) is 0 Å². The smallest absolute Gasteiger partial charge is 0.311 e. The standard InChI is InChI=1S/C15H19FN2O3/c1-2-15(14(20)21)6-3-7-18(9-15)13(19)10-4-5-12(17)11(16)8-10/h4-5,8H,2-3,6-7,9,17H2,1H3,(H,20,21). The number of halogens is 1. The summed E-state index contributed by atoms with van der Waals surface area (Å²) in [5.41, 5.74) is 4.67. The molecule has 1 aromatic rings. The zero-order chi connectivity index (χ0) is 15.6. The van der Waals surface area contributed by atoms with Crippen LogP contribution in [-0.2, 0) is 4.79 Å². The van der Waals surface area contributed by atoms with Gasteiger partial charge in [0.05, 0.1) is 11.1 Å². The van der Waals surface area contributed by atoms with Crippen LogP contribution in [0.5, 0.6) is 0 Å². The highest BCUT2D eigenvalue weighted by Gasteiger charge is 2.42. The van der Waals surface area contributed by atoms with Crippen molar-refractivity contribution in [2.24, 2.45) is 5.41 Å². The minimum atomic E-state index is -0.903. The van der Waals surface area contributed by atoms with E-state index in [2.05, 4.69) is 0 Å². The predicted molar refractivity (Wildman–Crippen MR) is 76.3 cm³/mol. The summed E-state index contributed by atoms with van der Waals surface area (Å²) in [6.45, 7) is 2.45. The van der Waals surface area contributed by atoms with Crippen molar-refractivity contribution in [2.45, 2.75) is 26.2 Å². The zero-order valence-electron chi connectivity index (χ0n) is 11.9. The molecule has 0 radical (unpaired) electrons. The van der Waals surface area contributed by atoms with Crippen molar-refractivity contribution in [1.29, 1.82) is 0 Å². The number of anilines is 1. The monoisotopic (exact) mass is 294 g/mol. The van der Waals surface area contributed by atoms with E-state index in [9.17, 15) is 19.1 Å². The number of carbonyl (C=O) groups is 2. The van der Waals surface area contributed by atoms with Gasteiger partial charge in [0.1, 0.15) is 5.82 Å². The van der Waals surface area contributed by atoms with E-state index in [1.54, 1.807) is 0 Å². The van der Waals surface area contributed by atoms with E-state index >= 15 is 0 Å². The largest absolute Gasteiger partial charge is 0.481 e. The molecule has 2 rings (SSSR count). The molecule has 1 fully saturated rings. The first-order valence-electron chi connectivity index (χ1n) is 6.97. The molecule has 1 unspecified atom stereocenters. The van der Waals surface area contributed by atoms with Crippen molar-refractivity contribution in [3.8, 4) is 0 Å². The normalized spacial score (nSPS) is 22.1. The van der Waals surface area contributed by atoms with E-state index in [-0.39, 0.29) is 23.7 Å². The number of rotatable bonds is 3. The molecule has 0 aliphatic carbocycles. The number of nitrogens with two attached hydrogens (primary N) is 1. The van der Waals surface area contributed by atoms with E-state index in [0.717, 1.165) is 6.07 Å². The highest BCUT2D eigenvalue weighted by molar-refractivity contribution is 5.95. The van der Waals surface area contributed by atoms with E-state index in [0.29, 0.717) is 25.8 Å². The van der Waals surface area contributed by atoms with Gasteiger partial charge in [-0.05, 0) is 37.5 Å². The number of hydrogen-bond donors (Lipinski definition) is 2. The molecule has 1 atom stereocenters. The summed E-state index contributed by atoms with van der Waals surface area (Å²) < 4.78 is 13.5. The van der Waals surface area contributed by atoms with E-state index < -0.39 is 17.2 Å². The summed E-state index contributed by atoms with van der Waals surface area (Å²) in [7, 11) is 0. The topological polar surface area (TPSA) is 83.6 Å². The van der Waals surface area contributed by atoms with Gasteiger partial charge < -0.3 is 15.7 Å². The van der Waals surface area contributed by atoms with Gasteiger partial charge >= 0.3 is 5.97 Å². The number of aliphatic carboxylic acids is 1. The van der Waals surface area contributed by atoms with Crippen LogP contribution in [0.2, 0.25) is 0 Å². The van der Waals surface area contributed by atoms with Gasteiger partial charge in [-0.1, -0.05) is 6.92 Å². The SMILES string of the molecule is CCC1(C(=O)O)CCCN(C(=O)c2ccc(N)c(F)c2)C1. The van der Waals surface area contributed by atoms with Crippen LogP contribution < -0.4 is 5.73 Å². The lowest BCUT2D eigenvalue weighted by atomic mass is 9.77. The first-order valence-corrected chi connectivity index (χ1v) is 6.97. The van der Waals surface area contributed by atoms with Crippen molar-refractivity contribution in [3.63, 3.8) is 0 Å². The minimum absolute atomic E-state index is 0.0152. The van der Waals surface area contributed by atoms with Gasteiger partial charge in [0.25, 0.3) is 5.91 Å². The average molecular weight is 294 g/mol. The summed E-state index contributed by atoms with van der Waals surface area (Å²) in [5.74, 6) is -1.88. The number of carboxylic acid groups (broad SMARTS) is 1. The molecule has 114 valence electrons. The second kappa shape index (κ2) is 5.71.